The van der Waals surface area contributed by atoms with Crippen LogP contribution in [0.15, 0.2) is 61.1 Å². The summed E-state index contributed by atoms with van der Waals surface area (Å²) in [4.78, 5) is 28.2. The van der Waals surface area contributed by atoms with E-state index in [2.05, 4.69) is 25.3 Å². The molecule has 2 N–H and O–H groups in total. The third-order valence-electron chi connectivity index (χ3n) is 3.84. The van der Waals surface area contributed by atoms with E-state index in [0.717, 1.165) is 28.1 Å². The van der Waals surface area contributed by atoms with E-state index < -0.39 is 0 Å². The molecular formula is C19H15N5O. The largest absolute Gasteiger partial charge is 0.337 e. The van der Waals surface area contributed by atoms with Crippen LogP contribution in [-0.2, 0) is 0 Å². The fraction of sp³-hybridized carbons (Fsp3) is 0.0526. The molecule has 0 aliphatic rings. The Balaban J connectivity index is 1.56. The predicted octanol–water partition coefficient (Wildman–Crippen LogP) is 3.58. The standard InChI is InChI=1S/C19H15N5O/c1-12-9-16-17(11-21-12)24-18(23-16)13-4-6-15(7-5-13)22-19(25)14-3-2-8-20-10-14/h2-11H,1H3,(H,22,25)(H,23,24). The molecule has 0 saturated carbocycles. The zero-order valence-corrected chi connectivity index (χ0v) is 13.5. The van der Waals surface area contributed by atoms with E-state index in [4.69, 9.17) is 0 Å². The van der Waals surface area contributed by atoms with E-state index in [1.54, 1.807) is 24.5 Å². The van der Waals surface area contributed by atoms with Gasteiger partial charge in [-0.15, -0.1) is 0 Å². The third kappa shape index (κ3) is 3.10. The molecule has 6 nitrogen and oxygen atoms in total. The molecule has 4 aromatic rings. The van der Waals surface area contributed by atoms with Gasteiger partial charge in [0.15, 0.2) is 0 Å². The van der Waals surface area contributed by atoms with Gasteiger partial charge in [-0.3, -0.25) is 14.8 Å². The number of nitrogens with one attached hydrogen (secondary N) is 2. The van der Waals surface area contributed by atoms with Crippen molar-refractivity contribution in [2.75, 3.05) is 5.32 Å². The molecule has 4 rings (SSSR count). The second kappa shape index (κ2) is 6.16. The Bertz CT molecular complexity index is 1040. The molecule has 122 valence electrons. The molecule has 0 fully saturated rings. The second-order valence-corrected chi connectivity index (χ2v) is 5.70. The number of carbonyl (C=O) groups excluding carboxylic acids is 1. The van der Waals surface area contributed by atoms with Gasteiger partial charge >= 0.3 is 0 Å². The van der Waals surface area contributed by atoms with Crippen LogP contribution in [0.25, 0.3) is 22.4 Å². The molecular weight excluding hydrogens is 314 g/mol. The van der Waals surface area contributed by atoms with E-state index >= 15 is 0 Å². The number of benzene rings is 1. The summed E-state index contributed by atoms with van der Waals surface area (Å²) in [7, 11) is 0. The van der Waals surface area contributed by atoms with Crippen LogP contribution in [0.1, 0.15) is 16.1 Å². The lowest BCUT2D eigenvalue weighted by atomic mass is 10.2. The Hall–Kier alpha value is -3.54. The lowest BCUT2D eigenvalue weighted by molar-refractivity contribution is 0.102. The number of aromatic amines is 1. The van der Waals surface area contributed by atoms with E-state index in [0.29, 0.717) is 11.3 Å². The van der Waals surface area contributed by atoms with Crippen molar-refractivity contribution in [3.05, 3.63) is 72.3 Å². The molecule has 3 aromatic heterocycles. The molecule has 1 aromatic carbocycles. The number of amides is 1. The highest BCUT2D eigenvalue weighted by atomic mass is 16.1. The molecule has 0 unspecified atom stereocenters. The molecule has 6 heteroatoms. The second-order valence-electron chi connectivity index (χ2n) is 5.70. The van der Waals surface area contributed by atoms with Crippen LogP contribution < -0.4 is 5.32 Å². The molecule has 0 spiro atoms. The number of carbonyl (C=O) groups is 1. The summed E-state index contributed by atoms with van der Waals surface area (Å²) in [6.07, 6.45) is 4.95. The van der Waals surface area contributed by atoms with E-state index in [-0.39, 0.29) is 5.91 Å². The Labute approximate surface area is 144 Å². The van der Waals surface area contributed by atoms with Gasteiger partial charge in [0.1, 0.15) is 5.82 Å². The molecule has 0 atom stereocenters. The summed E-state index contributed by atoms with van der Waals surface area (Å²) in [6, 6.07) is 12.9. The molecule has 0 aliphatic carbocycles. The highest BCUT2D eigenvalue weighted by Gasteiger charge is 2.08. The number of pyridine rings is 2. The first-order valence-corrected chi connectivity index (χ1v) is 7.83. The van der Waals surface area contributed by atoms with Crippen LogP contribution in [0.4, 0.5) is 5.69 Å². The summed E-state index contributed by atoms with van der Waals surface area (Å²) in [5, 5.41) is 2.85. The number of aromatic nitrogens is 4. The van der Waals surface area contributed by atoms with Gasteiger partial charge in [0, 0.05) is 29.3 Å². The smallest absolute Gasteiger partial charge is 0.257 e. The van der Waals surface area contributed by atoms with Crippen LogP contribution >= 0.6 is 0 Å². The number of anilines is 1. The number of rotatable bonds is 3. The lowest BCUT2D eigenvalue weighted by Gasteiger charge is -2.05. The maximum atomic E-state index is 12.1. The normalized spacial score (nSPS) is 10.8. The highest BCUT2D eigenvalue weighted by molar-refractivity contribution is 6.04. The molecule has 3 heterocycles. The van der Waals surface area contributed by atoms with Crippen LogP contribution in [-0.4, -0.2) is 25.8 Å². The van der Waals surface area contributed by atoms with Gasteiger partial charge in [0.05, 0.1) is 22.8 Å². The van der Waals surface area contributed by atoms with Gasteiger partial charge in [-0.05, 0) is 49.4 Å². The zero-order valence-electron chi connectivity index (χ0n) is 13.5. The van der Waals surface area contributed by atoms with Crippen LogP contribution in [0.2, 0.25) is 0 Å². The maximum absolute atomic E-state index is 12.1. The minimum atomic E-state index is -0.189. The van der Waals surface area contributed by atoms with Crippen molar-refractivity contribution in [2.45, 2.75) is 6.92 Å². The van der Waals surface area contributed by atoms with Crippen molar-refractivity contribution in [2.24, 2.45) is 0 Å². The van der Waals surface area contributed by atoms with Gasteiger partial charge in [0.2, 0.25) is 0 Å². The molecule has 0 bridgehead atoms. The van der Waals surface area contributed by atoms with E-state index in [1.807, 2.05) is 37.3 Å². The van der Waals surface area contributed by atoms with Crippen molar-refractivity contribution in [3.8, 4) is 11.4 Å². The van der Waals surface area contributed by atoms with Gasteiger partial charge in [0.25, 0.3) is 5.91 Å². The van der Waals surface area contributed by atoms with Crippen LogP contribution in [0.5, 0.6) is 0 Å². The average Bonchev–Trinajstić information content (AvgIpc) is 3.06. The number of hydrogen-bond acceptors (Lipinski definition) is 4. The van der Waals surface area contributed by atoms with Gasteiger partial charge < -0.3 is 10.3 Å². The van der Waals surface area contributed by atoms with Crippen molar-refractivity contribution < 1.29 is 4.79 Å². The molecule has 0 radical (unpaired) electrons. The molecule has 25 heavy (non-hydrogen) atoms. The van der Waals surface area contributed by atoms with Gasteiger partial charge in [-0.2, -0.15) is 0 Å². The Kier molecular flexibility index (Phi) is 3.70. The number of nitrogens with zero attached hydrogens (tertiary/aromatic N) is 3. The minimum absolute atomic E-state index is 0.189. The summed E-state index contributed by atoms with van der Waals surface area (Å²) in [6.45, 7) is 1.94. The quantitative estimate of drug-likeness (QED) is 0.602. The number of H-pyrrole nitrogens is 1. The first kappa shape index (κ1) is 15.0. The molecule has 0 saturated heterocycles. The summed E-state index contributed by atoms with van der Waals surface area (Å²) >= 11 is 0. The lowest BCUT2D eigenvalue weighted by Crippen LogP contribution is -2.11. The third-order valence-corrected chi connectivity index (χ3v) is 3.84. The molecule has 1 amide bonds. The topological polar surface area (TPSA) is 83.6 Å². The summed E-state index contributed by atoms with van der Waals surface area (Å²) in [5.74, 6) is 0.582. The van der Waals surface area contributed by atoms with E-state index in [1.165, 1.54) is 6.20 Å². The maximum Gasteiger partial charge on any atom is 0.257 e. The van der Waals surface area contributed by atoms with Gasteiger partial charge in [-0.1, -0.05) is 0 Å². The monoisotopic (exact) mass is 329 g/mol. The number of aryl methyl sites for hydroxylation is 1. The molecule has 0 aliphatic heterocycles. The fourth-order valence-corrected chi connectivity index (χ4v) is 2.56. The van der Waals surface area contributed by atoms with Gasteiger partial charge in [-0.25, -0.2) is 4.98 Å². The Morgan fingerprint density at radius 1 is 1.12 bits per heavy atom. The SMILES string of the molecule is Cc1cc2nc(-c3ccc(NC(=O)c4cccnc4)cc3)[nH]c2cn1. The Morgan fingerprint density at radius 2 is 1.96 bits per heavy atom. The summed E-state index contributed by atoms with van der Waals surface area (Å²) in [5.41, 5.74) is 4.89. The summed E-state index contributed by atoms with van der Waals surface area (Å²) < 4.78 is 0. The Morgan fingerprint density at radius 3 is 2.72 bits per heavy atom. The first-order valence-electron chi connectivity index (χ1n) is 7.83. The zero-order chi connectivity index (χ0) is 17.2. The van der Waals surface area contributed by atoms with Crippen molar-refractivity contribution in [1.29, 1.82) is 0 Å². The number of hydrogen-bond donors (Lipinski definition) is 2. The van der Waals surface area contributed by atoms with Crippen molar-refractivity contribution in [3.63, 3.8) is 0 Å². The number of imidazole rings is 1. The highest BCUT2D eigenvalue weighted by Crippen LogP contribution is 2.22. The average molecular weight is 329 g/mol. The van der Waals surface area contributed by atoms with Crippen molar-refractivity contribution in [1.82, 2.24) is 19.9 Å². The van der Waals surface area contributed by atoms with Crippen molar-refractivity contribution >= 4 is 22.6 Å². The minimum Gasteiger partial charge on any atom is -0.337 e. The fourth-order valence-electron chi connectivity index (χ4n) is 2.56. The number of fused-ring (bicyclic) bond motifs is 1. The first-order chi connectivity index (χ1) is 12.2. The van der Waals surface area contributed by atoms with Crippen LogP contribution in [0, 0.1) is 6.92 Å². The van der Waals surface area contributed by atoms with E-state index in [9.17, 15) is 4.79 Å². The predicted molar refractivity (Wildman–Crippen MR) is 96.3 cm³/mol. The van der Waals surface area contributed by atoms with Crippen LogP contribution in [0.3, 0.4) is 0 Å².